The lowest BCUT2D eigenvalue weighted by atomic mass is 9.44. The first-order chi connectivity index (χ1) is 20.6. The molecule has 1 N–H and O–H groups in total. The second kappa shape index (κ2) is 11.2. The van der Waals surface area contributed by atoms with E-state index in [1.165, 1.54) is 24.3 Å². The largest absolute Gasteiger partial charge is 0.509 e. The van der Waals surface area contributed by atoms with Gasteiger partial charge in [0, 0.05) is 22.7 Å². The van der Waals surface area contributed by atoms with Crippen molar-refractivity contribution in [3.05, 3.63) is 53.6 Å². The number of fused-ring (bicyclic) bond motifs is 5. The Labute approximate surface area is 258 Å². The number of ether oxygens (including phenoxy) is 2. The van der Waals surface area contributed by atoms with Crippen molar-refractivity contribution in [2.24, 2.45) is 28.6 Å². The van der Waals surface area contributed by atoms with Crippen molar-refractivity contribution >= 4 is 27.8 Å². The topological polar surface area (TPSA) is 133 Å². The van der Waals surface area contributed by atoms with E-state index < -0.39 is 74.6 Å². The van der Waals surface area contributed by atoms with Crippen molar-refractivity contribution < 1.29 is 46.0 Å². The Morgan fingerprint density at radius 3 is 2.48 bits per heavy atom. The van der Waals surface area contributed by atoms with Crippen molar-refractivity contribution in [1.29, 1.82) is 0 Å². The number of carbonyl (C=O) groups is 3. The van der Waals surface area contributed by atoms with Crippen LogP contribution < -0.4 is 0 Å². The number of aliphatic hydroxyl groups is 1. The zero-order valence-corrected chi connectivity index (χ0v) is 26.6. The lowest BCUT2D eigenvalue weighted by molar-refractivity contribution is -0.221. The van der Waals surface area contributed by atoms with Gasteiger partial charge in [0.15, 0.2) is 17.1 Å². The monoisotopic (exact) mass is 632 g/mol. The molecule has 1 aromatic carbocycles. The first kappa shape index (κ1) is 32.5. The quantitative estimate of drug-likeness (QED) is 0.304. The Morgan fingerprint density at radius 1 is 1.14 bits per heavy atom. The molecule has 0 aromatic heterocycles. The highest BCUT2D eigenvalue weighted by Crippen LogP contribution is 2.71. The van der Waals surface area contributed by atoms with Crippen LogP contribution in [0.25, 0.3) is 0 Å². The van der Waals surface area contributed by atoms with Crippen molar-refractivity contribution in [3.8, 4) is 0 Å². The highest BCUT2D eigenvalue weighted by atomic mass is 32.2. The third kappa shape index (κ3) is 4.69. The Morgan fingerprint density at radius 2 is 1.82 bits per heavy atom. The second-order valence-corrected chi connectivity index (χ2v) is 14.9. The minimum Gasteiger partial charge on any atom is -0.434 e. The summed E-state index contributed by atoms with van der Waals surface area (Å²) in [6, 6.07) is 5.95. The molecule has 44 heavy (non-hydrogen) atoms. The molecule has 3 fully saturated rings. The summed E-state index contributed by atoms with van der Waals surface area (Å²) >= 11 is 0. The summed E-state index contributed by atoms with van der Waals surface area (Å²) in [6.45, 7) is 7.82. The highest BCUT2D eigenvalue weighted by Gasteiger charge is 2.77. The molecule has 0 bridgehead atoms. The van der Waals surface area contributed by atoms with Crippen molar-refractivity contribution in [2.75, 3.05) is 13.2 Å². The van der Waals surface area contributed by atoms with E-state index in [0.29, 0.717) is 24.8 Å². The summed E-state index contributed by atoms with van der Waals surface area (Å²) in [4.78, 5) is 39.4. The second-order valence-electron chi connectivity index (χ2n) is 13.3. The number of allylic oxidation sites excluding steroid dienone is 4. The zero-order chi connectivity index (χ0) is 32.3. The van der Waals surface area contributed by atoms with Gasteiger partial charge in [-0.2, -0.15) is 8.42 Å². The zero-order valence-electron chi connectivity index (χ0n) is 25.8. The molecule has 9 nitrogen and oxygen atoms in total. The van der Waals surface area contributed by atoms with Gasteiger partial charge in [0.1, 0.15) is 6.61 Å². The number of aliphatic hydroxyl groups excluding tert-OH is 1. The summed E-state index contributed by atoms with van der Waals surface area (Å²) in [5.74, 6) is -3.00. The Kier molecular flexibility index (Phi) is 8.25. The summed E-state index contributed by atoms with van der Waals surface area (Å²) in [5.41, 5.74) is -5.21. The van der Waals surface area contributed by atoms with Crippen LogP contribution in [0, 0.1) is 35.5 Å². The van der Waals surface area contributed by atoms with E-state index in [4.69, 9.17) is 13.7 Å². The SMILES string of the molecule is CCCOC(=O)O[C@]1(C(=O)COS(=O)(=O)c2ccc(C)cc2)[C@H](C)C[C@H]2[C@@H]3CCC4=CC(=O)C=C[C@]4(C)[C@@]3(F)[C@@H](O)C[C@@]21C. The molecule has 0 aliphatic heterocycles. The molecule has 1 aromatic rings. The summed E-state index contributed by atoms with van der Waals surface area (Å²) in [5, 5.41) is 11.7. The predicted molar refractivity (Wildman–Crippen MR) is 158 cm³/mol. The van der Waals surface area contributed by atoms with Crippen LogP contribution in [0.15, 0.2) is 53.0 Å². The molecule has 0 unspecified atom stereocenters. The minimum absolute atomic E-state index is 0.0350. The van der Waals surface area contributed by atoms with Crippen LogP contribution in [0.2, 0.25) is 0 Å². The maximum absolute atomic E-state index is 17.6. The van der Waals surface area contributed by atoms with Crippen LogP contribution in [-0.2, 0) is 33.4 Å². The summed E-state index contributed by atoms with van der Waals surface area (Å²) in [6.07, 6.45) is 2.88. The summed E-state index contributed by atoms with van der Waals surface area (Å²) < 4.78 is 60.1. The Bertz CT molecular complexity index is 1520. The third-order valence-corrected chi connectivity index (χ3v) is 12.2. The number of hydrogen-bond acceptors (Lipinski definition) is 9. The molecule has 8 atom stereocenters. The standard InChI is InChI=1S/C33H41FO9S/c1-6-15-41-29(38)43-33(28(37)19-42-44(39,40)24-10-7-20(2)8-11-24)21(3)16-26-25-12-9-22-17-23(35)13-14-30(22,4)32(25,34)27(36)18-31(26,33)5/h7-8,10-11,13-14,17,21,25-27,36H,6,9,12,15-16,18-19H2,1-5H3/t21-,25+,26+,27+,30+,31+,32+,33+/m1/s1. The van der Waals surface area contributed by atoms with E-state index in [0.717, 1.165) is 5.56 Å². The van der Waals surface area contributed by atoms with Gasteiger partial charge in [-0.25, -0.2) is 9.18 Å². The molecule has 5 rings (SSSR count). The van der Waals surface area contributed by atoms with Crippen LogP contribution in [0.3, 0.4) is 0 Å². The molecular weight excluding hydrogens is 591 g/mol. The molecule has 0 heterocycles. The lowest BCUT2D eigenvalue weighted by Crippen LogP contribution is -2.70. The summed E-state index contributed by atoms with van der Waals surface area (Å²) in [7, 11) is -4.35. The maximum atomic E-state index is 17.6. The predicted octanol–water partition coefficient (Wildman–Crippen LogP) is 5.19. The normalized spacial score (nSPS) is 37.8. The van der Waals surface area contributed by atoms with E-state index in [-0.39, 0.29) is 30.1 Å². The number of aryl methyl sites for hydroxylation is 1. The number of carbonyl (C=O) groups excluding carboxylic acids is 3. The number of halogens is 1. The highest BCUT2D eigenvalue weighted by molar-refractivity contribution is 7.86. The fraction of sp³-hybridized carbons (Fsp3) is 0.606. The van der Waals surface area contributed by atoms with Gasteiger partial charge in [-0.15, -0.1) is 0 Å². The molecule has 0 spiro atoms. The smallest absolute Gasteiger partial charge is 0.434 e. The van der Waals surface area contributed by atoms with Gasteiger partial charge < -0.3 is 14.6 Å². The first-order valence-corrected chi connectivity index (χ1v) is 16.6. The molecule has 11 heteroatoms. The average Bonchev–Trinajstić information content (AvgIpc) is 3.18. The number of rotatable bonds is 8. The number of alkyl halides is 1. The first-order valence-electron chi connectivity index (χ1n) is 15.2. The lowest BCUT2D eigenvalue weighted by Gasteiger charge is -2.62. The molecule has 4 aliphatic carbocycles. The fourth-order valence-corrected chi connectivity index (χ4v) is 9.62. The van der Waals surface area contributed by atoms with Crippen molar-refractivity contribution in [3.63, 3.8) is 0 Å². The van der Waals surface area contributed by atoms with E-state index in [1.807, 2.05) is 0 Å². The molecule has 240 valence electrons. The van der Waals surface area contributed by atoms with E-state index in [1.54, 1.807) is 52.8 Å². The van der Waals surface area contributed by atoms with Gasteiger partial charge >= 0.3 is 6.16 Å². The number of benzene rings is 1. The van der Waals surface area contributed by atoms with Gasteiger partial charge in [0.25, 0.3) is 10.1 Å². The van der Waals surface area contributed by atoms with Crippen molar-refractivity contribution in [2.45, 2.75) is 89.0 Å². The van der Waals surface area contributed by atoms with Gasteiger partial charge in [-0.05, 0) is 76.2 Å². The Hall–Kier alpha value is -2.89. The van der Waals surface area contributed by atoms with E-state index >= 15 is 4.39 Å². The van der Waals surface area contributed by atoms with Crippen molar-refractivity contribution in [1.82, 2.24) is 0 Å². The van der Waals surface area contributed by atoms with E-state index in [9.17, 15) is 27.9 Å². The molecule has 0 saturated heterocycles. The molecule has 0 radical (unpaired) electrons. The van der Waals surface area contributed by atoms with Crippen LogP contribution in [0.4, 0.5) is 9.18 Å². The number of ketones is 2. The molecule has 0 amide bonds. The van der Waals surface area contributed by atoms with Gasteiger partial charge in [-0.3, -0.25) is 13.8 Å². The number of Topliss-reactive ketones (excluding diaryl/α,β-unsaturated/α-hetero) is 1. The number of hydrogen-bond donors (Lipinski definition) is 1. The molecular formula is C33H41FO9S. The minimum atomic E-state index is -4.35. The van der Waals surface area contributed by atoms with E-state index in [2.05, 4.69) is 0 Å². The van der Waals surface area contributed by atoms with Crippen LogP contribution in [0.1, 0.15) is 65.4 Å². The van der Waals surface area contributed by atoms with Gasteiger partial charge in [0.2, 0.25) is 5.78 Å². The molecule has 4 aliphatic rings. The van der Waals surface area contributed by atoms with Crippen LogP contribution in [-0.4, -0.2) is 61.8 Å². The Balaban J connectivity index is 1.54. The third-order valence-electron chi connectivity index (χ3n) is 10.9. The van der Waals surface area contributed by atoms with Crippen LogP contribution >= 0.6 is 0 Å². The van der Waals surface area contributed by atoms with Gasteiger partial charge in [0.05, 0.1) is 17.6 Å². The molecule has 3 saturated carbocycles. The van der Waals surface area contributed by atoms with Gasteiger partial charge in [-0.1, -0.05) is 50.1 Å². The average molecular weight is 633 g/mol. The van der Waals surface area contributed by atoms with Crippen LogP contribution in [0.5, 0.6) is 0 Å². The fourth-order valence-electron chi connectivity index (χ4n) is 8.76. The maximum Gasteiger partial charge on any atom is 0.509 e.